The maximum atomic E-state index is 12.5. The second-order valence-corrected chi connectivity index (χ2v) is 7.11. The monoisotopic (exact) mass is 356 g/mol. The predicted octanol–water partition coefficient (Wildman–Crippen LogP) is 4.26. The first kappa shape index (κ1) is 17.5. The third-order valence-corrected chi connectivity index (χ3v) is 4.86. The fourth-order valence-corrected chi connectivity index (χ4v) is 3.33. The van der Waals surface area contributed by atoms with Crippen molar-refractivity contribution in [3.05, 3.63) is 58.1 Å². The van der Waals surface area contributed by atoms with Gasteiger partial charge in [0.15, 0.2) is 0 Å². The first-order chi connectivity index (χ1) is 11.8. The number of hydrogen-bond acceptors (Lipinski definition) is 2. The van der Waals surface area contributed by atoms with Crippen LogP contribution in [-0.4, -0.2) is 18.4 Å². The van der Waals surface area contributed by atoms with Crippen LogP contribution in [0.1, 0.15) is 23.1 Å². The molecule has 130 valence electrons. The van der Waals surface area contributed by atoms with Crippen molar-refractivity contribution in [2.45, 2.75) is 27.2 Å². The lowest BCUT2D eigenvalue weighted by Crippen LogP contribution is -2.28. The molecule has 25 heavy (non-hydrogen) atoms. The van der Waals surface area contributed by atoms with Gasteiger partial charge in [-0.15, -0.1) is 0 Å². The quantitative estimate of drug-likeness (QED) is 0.893. The molecule has 0 bridgehead atoms. The molecule has 0 aliphatic carbocycles. The number of rotatable bonds is 3. The summed E-state index contributed by atoms with van der Waals surface area (Å²) < 4.78 is 0. The molecule has 1 aliphatic rings. The summed E-state index contributed by atoms with van der Waals surface area (Å²) in [7, 11) is 0. The van der Waals surface area contributed by atoms with Crippen molar-refractivity contribution in [2.24, 2.45) is 5.92 Å². The molecule has 1 aliphatic heterocycles. The van der Waals surface area contributed by atoms with Crippen LogP contribution in [0.4, 0.5) is 11.4 Å². The van der Waals surface area contributed by atoms with Crippen LogP contribution in [0.2, 0.25) is 5.02 Å². The average molecular weight is 357 g/mol. The highest BCUT2D eigenvalue weighted by molar-refractivity contribution is 6.31. The largest absolute Gasteiger partial charge is 0.326 e. The fraction of sp³-hybridized carbons (Fsp3) is 0.300. The molecule has 0 spiro atoms. The van der Waals surface area contributed by atoms with Crippen molar-refractivity contribution in [3.8, 4) is 0 Å². The minimum absolute atomic E-state index is 0.0212. The number of amides is 2. The average Bonchev–Trinajstić information content (AvgIpc) is 2.92. The van der Waals surface area contributed by atoms with Crippen LogP contribution in [-0.2, 0) is 9.59 Å². The number of carbonyl (C=O) groups excluding carboxylic acids is 2. The summed E-state index contributed by atoms with van der Waals surface area (Å²) in [5.74, 6) is -0.541. The number of carbonyl (C=O) groups is 2. The maximum Gasteiger partial charge on any atom is 0.229 e. The number of anilines is 2. The van der Waals surface area contributed by atoms with E-state index in [2.05, 4.69) is 11.4 Å². The highest BCUT2D eigenvalue weighted by atomic mass is 35.5. The Morgan fingerprint density at radius 1 is 1.12 bits per heavy atom. The third kappa shape index (κ3) is 3.85. The molecule has 1 N–H and O–H groups in total. The Bertz CT molecular complexity index is 827. The van der Waals surface area contributed by atoms with E-state index < -0.39 is 0 Å². The van der Waals surface area contributed by atoms with E-state index in [0.717, 1.165) is 22.4 Å². The van der Waals surface area contributed by atoms with Crippen LogP contribution >= 0.6 is 11.6 Å². The fourth-order valence-electron chi connectivity index (χ4n) is 3.15. The Morgan fingerprint density at radius 3 is 2.44 bits per heavy atom. The molecular formula is C20H21ClN2O2. The number of nitrogens with zero attached hydrogens (tertiary/aromatic N) is 1. The second kappa shape index (κ2) is 6.89. The van der Waals surface area contributed by atoms with E-state index in [0.29, 0.717) is 17.3 Å². The van der Waals surface area contributed by atoms with Gasteiger partial charge in [0.1, 0.15) is 0 Å². The van der Waals surface area contributed by atoms with E-state index in [1.807, 2.05) is 45.0 Å². The summed E-state index contributed by atoms with van der Waals surface area (Å²) >= 11 is 6.10. The van der Waals surface area contributed by atoms with Gasteiger partial charge in [-0.1, -0.05) is 23.7 Å². The normalized spacial score (nSPS) is 17.0. The van der Waals surface area contributed by atoms with Gasteiger partial charge in [-0.05, 0) is 61.7 Å². The lowest BCUT2D eigenvalue weighted by Gasteiger charge is -2.18. The van der Waals surface area contributed by atoms with Gasteiger partial charge in [-0.2, -0.15) is 0 Å². The van der Waals surface area contributed by atoms with Crippen molar-refractivity contribution in [1.82, 2.24) is 0 Å². The van der Waals surface area contributed by atoms with Crippen LogP contribution in [0, 0.1) is 26.7 Å². The second-order valence-electron chi connectivity index (χ2n) is 6.70. The number of hydrogen-bond donors (Lipinski definition) is 1. The molecule has 2 amide bonds. The highest BCUT2D eigenvalue weighted by Crippen LogP contribution is 2.28. The van der Waals surface area contributed by atoms with Gasteiger partial charge in [0.25, 0.3) is 0 Å². The Morgan fingerprint density at radius 2 is 1.80 bits per heavy atom. The predicted molar refractivity (Wildman–Crippen MR) is 101 cm³/mol. The number of aryl methyl sites for hydroxylation is 3. The summed E-state index contributed by atoms with van der Waals surface area (Å²) in [6, 6.07) is 11.4. The van der Waals surface area contributed by atoms with Gasteiger partial charge in [-0.3, -0.25) is 9.59 Å². The molecule has 0 aromatic heterocycles. The molecule has 0 unspecified atom stereocenters. The molecule has 1 saturated heterocycles. The molecular weight excluding hydrogens is 336 g/mol. The van der Waals surface area contributed by atoms with Crippen LogP contribution in [0.25, 0.3) is 0 Å². The molecule has 2 aromatic carbocycles. The SMILES string of the molecule is Cc1cc(C)cc(N2C[C@@H](C(=O)Nc3ccc(C)c(Cl)c3)CC2=O)c1. The van der Waals surface area contributed by atoms with Crippen molar-refractivity contribution in [3.63, 3.8) is 0 Å². The number of benzene rings is 2. The molecule has 2 aromatic rings. The van der Waals surface area contributed by atoms with Crippen LogP contribution in [0.5, 0.6) is 0 Å². The Hall–Kier alpha value is -2.33. The number of nitrogens with one attached hydrogen (secondary N) is 1. The summed E-state index contributed by atoms with van der Waals surface area (Å²) in [5, 5.41) is 3.47. The summed E-state index contributed by atoms with van der Waals surface area (Å²) in [6.45, 7) is 6.31. The van der Waals surface area contributed by atoms with Crippen LogP contribution in [0.3, 0.4) is 0 Å². The first-order valence-corrected chi connectivity index (χ1v) is 8.67. The molecule has 4 nitrogen and oxygen atoms in total. The van der Waals surface area contributed by atoms with Crippen molar-refractivity contribution < 1.29 is 9.59 Å². The maximum absolute atomic E-state index is 12.5. The van der Waals surface area contributed by atoms with Gasteiger partial charge in [-0.25, -0.2) is 0 Å². The minimum atomic E-state index is -0.367. The zero-order valence-corrected chi connectivity index (χ0v) is 15.4. The van der Waals surface area contributed by atoms with Gasteiger partial charge < -0.3 is 10.2 Å². The Kier molecular flexibility index (Phi) is 4.82. The van der Waals surface area contributed by atoms with E-state index in [1.54, 1.807) is 11.0 Å². The Labute approximate surface area is 152 Å². The van der Waals surface area contributed by atoms with Crippen molar-refractivity contribution in [1.29, 1.82) is 0 Å². The molecule has 0 saturated carbocycles. The minimum Gasteiger partial charge on any atom is -0.326 e. The zero-order valence-electron chi connectivity index (χ0n) is 14.6. The first-order valence-electron chi connectivity index (χ1n) is 8.29. The van der Waals surface area contributed by atoms with Crippen molar-refractivity contribution in [2.75, 3.05) is 16.8 Å². The molecule has 1 atom stereocenters. The summed E-state index contributed by atoms with van der Waals surface area (Å²) in [5.41, 5.74) is 4.67. The standard InChI is InChI=1S/C20H21ClN2O2/c1-12-6-13(2)8-17(7-12)23-11-15(9-19(23)24)20(25)22-16-5-4-14(3)18(21)10-16/h4-8,10,15H,9,11H2,1-3H3,(H,22,25)/t15-/m0/s1. The van der Waals surface area contributed by atoms with Crippen molar-refractivity contribution >= 4 is 34.8 Å². The molecule has 5 heteroatoms. The van der Waals surface area contributed by atoms with Gasteiger partial charge in [0, 0.05) is 29.4 Å². The van der Waals surface area contributed by atoms with Crippen LogP contribution < -0.4 is 10.2 Å². The molecule has 3 rings (SSSR count). The topological polar surface area (TPSA) is 49.4 Å². The van der Waals surface area contributed by atoms with E-state index in [9.17, 15) is 9.59 Å². The van der Waals surface area contributed by atoms with Crippen LogP contribution in [0.15, 0.2) is 36.4 Å². The van der Waals surface area contributed by atoms with Gasteiger partial charge in [0.05, 0.1) is 5.92 Å². The summed E-state index contributed by atoms with van der Waals surface area (Å²) in [4.78, 5) is 26.6. The van der Waals surface area contributed by atoms with E-state index in [-0.39, 0.29) is 24.2 Å². The lowest BCUT2D eigenvalue weighted by atomic mass is 10.1. The molecule has 1 fully saturated rings. The third-order valence-electron chi connectivity index (χ3n) is 4.45. The molecule has 1 heterocycles. The van der Waals surface area contributed by atoms with Gasteiger partial charge in [0.2, 0.25) is 11.8 Å². The smallest absolute Gasteiger partial charge is 0.229 e. The molecule has 0 radical (unpaired) electrons. The number of halogens is 1. The van der Waals surface area contributed by atoms with Gasteiger partial charge >= 0.3 is 0 Å². The lowest BCUT2D eigenvalue weighted by molar-refractivity contribution is -0.122. The Balaban J connectivity index is 1.73. The highest BCUT2D eigenvalue weighted by Gasteiger charge is 2.35. The van der Waals surface area contributed by atoms with E-state index in [4.69, 9.17) is 11.6 Å². The summed E-state index contributed by atoms with van der Waals surface area (Å²) in [6.07, 6.45) is 0.221. The van der Waals surface area contributed by atoms with E-state index in [1.165, 1.54) is 0 Å². The zero-order chi connectivity index (χ0) is 18.1. The van der Waals surface area contributed by atoms with E-state index >= 15 is 0 Å².